The van der Waals surface area contributed by atoms with Gasteiger partial charge in [-0.15, -0.1) is 0 Å². The molecule has 0 radical (unpaired) electrons. The third-order valence-electron chi connectivity index (χ3n) is 2.92. The van der Waals surface area contributed by atoms with Crippen molar-refractivity contribution in [1.29, 1.82) is 0 Å². The minimum absolute atomic E-state index is 0.299. The number of aromatic nitrogens is 5. The maximum Gasteiger partial charge on any atom is 0.231 e. The van der Waals surface area contributed by atoms with Crippen LogP contribution in [0.3, 0.4) is 0 Å². The van der Waals surface area contributed by atoms with Crippen LogP contribution in [0, 0.1) is 5.92 Å². The highest BCUT2D eigenvalue weighted by molar-refractivity contribution is 5.44. The zero-order valence-electron chi connectivity index (χ0n) is 8.84. The highest BCUT2D eigenvalue weighted by Crippen LogP contribution is 2.27. The molecule has 1 aliphatic heterocycles. The summed E-state index contributed by atoms with van der Waals surface area (Å²) in [6, 6.07) is 0. The van der Waals surface area contributed by atoms with Crippen LogP contribution in [0.2, 0.25) is 0 Å². The van der Waals surface area contributed by atoms with E-state index in [0.717, 1.165) is 13.1 Å². The first kappa shape index (κ1) is 9.46. The van der Waals surface area contributed by atoms with E-state index in [1.807, 2.05) is 0 Å². The number of hydrogen-bond donors (Lipinski definition) is 2. The Hall–Kier alpha value is -1.76. The summed E-state index contributed by atoms with van der Waals surface area (Å²) in [7, 11) is 0. The molecule has 7 heteroatoms. The number of H-pyrrole nitrogens is 1. The standard InChI is InChI=1S/C9H12N6O/c1-5-2-10-3-6(5)9-12-8(14-16-9)7-4-11-15-13-7/h4-6,10H,2-3H2,1H3,(H,11,13,15)/t5-,6-/m1/s1. The Morgan fingerprint density at radius 3 is 3.06 bits per heavy atom. The fraction of sp³-hybridized carbons (Fsp3) is 0.556. The molecular weight excluding hydrogens is 208 g/mol. The van der Waals surface area contributed by atoms with Crippen LogP contribution in [0.25, 0.3) is 11.5 Å². The lowest BCUT2D eigenvalue weighted by atomic mass is 9.98. The molecule has 0 aromatic carbocycles. The highest BCUT2D eigenvalue weighted by Gasteiger charge is 2.29. The molecule has 1 aliphatic rings. The minimum Gasteiger partial charge on any atom is -0.339 e. The molecule has 0 bridgehead atoms. The Morgan fingerprint density at radius 1 is 1.44 bits per heavy atom. The van der Waals surface area contributed by atoms with Crippen LogP contribution in [-0.4, -0.2) is 38.6 Å². The average Bonchev–Trinajstić information content (AvgIpc) is 2.96. The predicted octanol–water partition coefficient (Wildman–Crippen LogP) is 0.178. The molecule has 2 N–H and O–H groups in total. The van der Waals surface area contributed by atoms with Gasteiger partial charge in [0.25, 0.3) is 0 Å². The lowest BCUT2D eigenvalue weighted by Crippen LogP contribution is -2.08. The van der Waals surface area contributed by atoms with Crippen LogP contribution in [0.5, 0.6) is 0 Å². The number of nitrogens with zero attached hydrogens (tertiary/aromatic N) is 4. The number of nitrogens with one attached hydrogen (secondary N) is 2. The van der Waals surface area contributed by atoms with Crippen molar-refractivity contribution in [2.24, 2.45) is 5.92 Å². The summed E-state index contributed by atoms with van der Waals surface area (Å²) < 4.78 is 5.26. The topological polar surface area (TPSA) is 92.5 Å². The van der Waals surface area contributed by atoms with Crippen LogP contribution in [0.4, 0.5) is 0 Å². The number of aromatic amines is 1. The smallest absolute Gasteiger partial charge is 0.231 e. The van der Waals surface area contributed by atoms with Gasteiger partial charge in [-0.05, 0) is 12.5 Å². The molecule has 84 valence electrons. The molecule has 16 heavy (non-hydrogen) atoms. The molecule has 0 saturated carbocycles. The number of hydrogen-bond acceptors (Lipinski definition) is 6. The van der Waals surface area contributed by atoms with Gasteiger partial charge in [-0.25, -0.2) is 0 Å². The predicted molar refractivity (Wildman–Crippen MR) is 54.4 cm³/mol. The summed E-state index contributed by atoms with van der Waals surface area (Å²) in [6.07, 6.45) is 1.57. The lowest BCUT2D eigenvalue weighted by molar-refractivity contribution is 0.340. The van der Waals surface area contributed by atoms with Gasteiger partial charge in [-0.1, -0.05) is 12.1 Å². The quantitative estimate of drug-likeness (QED) is 0.749. The molecule has 2 aromatic rings. The third kappa shape index (κ3) is 1.49. The van der Waals surface area contributed by atoms with Gasteiger partial charge in [0.15, 0.2) is 5.69 Å². The Bertz CT molecular complexity index is 464. The molecule has 1 saturated heterocycles. The van der Waals surface area contributed by atoms with Crippen molar-refractivity contribution in [3.05, 3.63) is 12.1 Å². The molecule has 2 atom stereocenters. The van der Waals surface area contributed by atoms with E-state index in [9.17, 15) is 0 Å². The molecule has 1 fully saturated rings. The maximum atomic E-state index is 5.26. The number of rotatable bonds is 2. The van der Waals surface area contributed by atoms with Crippen molar-refractivity contribution < 1.29 is 4.52 Å². The average molecular weight is 220 g/mol. The van der Waals surface area contributed by atoms with Crippen LogP contribution in [0.15, 0.2) is 10.7 Å². The van der Waals surface area contributed by atoms with Gasteiger partial charge >= 0.3 is 0 Å². The van der Waals surface area contributed by atoms with Crippen LogP contribution >= 0.6 is 0 Å². The van der Waals surface area contributed by atoms with E-state index in [1.54, 1.807) is 6.20 Å². The Labute approximate surface area is 91.6 Å². The molecule has 2 aromatic heterocycles. The Morgan fingerprint density at radius 2 is 2.38 bits per heavy atom. The first-order chi connectivity index (χ1) is 7.84. The summed E-state index contributed by atoms with van der Waals surface area (Å²) in [6.45, 7) is 4.05. The normalized spacial score (nSPS) is 25.1. The van der Waals surface area contributed by atoms with Gasteiger partial charge in [0, 0.05) is 6.54 Å². The van der Waals surface area contributed by atoms with Gasteiger partial charge in [0.1, 0.15) is 0 Å². The SMILES string of the molecule is C[C@@H]1CNC[C@H]1c1nc(-c2cn[nH]n2)no1. The largest absolute Gasteiger partial charge is 0.339 e. The van der Waals surface area contributed by atoms with Crippen LogP contribution in [0.1, 0.15) is 18.7 Å². The molecular formula is C9H12N6O. The van der Waals surface area contributed by atoms with E-state index in [4.69, 9.17) is 4.52 Å². The summed E-state index contributed by atoms with van der Waals surface area (Å²) >= 11 is 0. The molecule has 0 unspecified atom stereocenters. The molecule has 7 nitrogen and oxygen atoms in total. The van der Waals surface area contributed by atoms with Crippen molar-refractivity contribution >= 4 is 0 Å². The lowest BCUT2D eigenvalue weighted by Gasteiger charge is -2.06. The molecule has 0 spiro atoms. The van der Waals surface area contributed by atoms with Crippen molar-refractivity contribution in [3.8, 4) is 11.5 Å². The van der Waals surface area contributed by atoms with E-state index >= 15 is 0 Å². The van der Waals surface area contributed by atoms with E-state index in [1.165, 1.54) is 0 Å². The van der Waals surface area contributed by atoms with Gasteiger partial charge in [-0.3, -0.25) is 0 Å². The fourth-order valence-corrected chi connectivity index (χ4v) is 1.94. The van der Waals surface area contributed by atoms with Gasteiger partial charge in [0.05, 0.1) is 12.1 Å². The monoisotopic (exact) mass is 220 g/mol. The first-order valence-electron chi connectivity index (χ1n) is 5.25. The zero-order chi connectivity index (χ0) is 11.0. The van der Waals surface area contributed by atoms with Crippen molar-refractivity contribution in [3.63, 3.8) is 0 Å². The summed E-state index contributed by atoms with van der Waals surface area (Å²) in [4.78, 5) is 4.34. The second-order valence-electron chi connectivity index (χ2n) is 4.05. The third-order valence-corrected chi connectivity index (χ3v) is 2.92. The summed E-state index contributed by atoms with van der Waals surface area (Å²) in [5, 5.41) is 17.3. The first-order valence-corrected chi connectivity index (χ1v) is 5.25. The molecule has 3 rings (SSSR count). The summed E-state index contributed by atoms with van der Waals surface area (Å²) in [5.74, 6) is 1.98. The van der Waals surface area contributed by atoms with E-state index < -0.39 is 0 Å². The zero-order valence-corrected chi connectivity index (χ0v) is 8.84. The van der Waals surface area contributed by atoms with E-state index in [-0.39, 0.29) is 0 Å². The van der Waals surface area contributed by atoms with Crippen molar-refractivity contribution in [2.45, 2.75) is 12.8 Å². The van der Waals surface area contributed by atoms with Crippen molar-refractivity contribution in [2.75, 3.05) is 13.1 Å². The van der Waals surface area contributed by atoms with Gasteiger partial charge < -0.3 is 9.84 Å². The summed E-state index contributed by atoms with van der Waals surface area (Å²) in [5.41, 5.74) is 0.605. The van der Waals surface area contributed by atoms with Gasteiger partial charge in [-0.2, -0.15) is 20.4 Å². The Balaban J connectivity index is 1.88. The van der Waals surface area contributed by atoms with Crippen LogP contribution in [-0.2, 0) is 0 Å². The van der Waals surface area contributed by atoms with Gasteiger partial charge in [0.2, 0.25) is 11.7 Å². The highest BCUT2D eigenvalue weighted by atomic mass is 16.5. The maximum absolute atomic E-state index is 5.26. The van der Waals surface area contributed by atoms with E-state index in [2.05, 4.69) is 37.8 Å². The Kier molecular flexibility index (Phi) is 2.17. The second kappa shape index (κ2) is 3.67. The van der Waals surface area contributed by atoms with Crippen LogP contribution < -0.4 is 5.32 Å². The minimum atomic E-state index is 0.299. The molecule has 0 amide bonds. The van der Waals surface area contributed by atoms with E-state index in [0.29, 0.717) is 29.2 Å². The molecule has 3 heterocycles. The fourth-order valence-electron chi connectivity index (χ4n) is 1.94. The second-order valence-corrected chi connectivity index (χ2v) is 4.05. The van der Waals surface area contributed by atoms with Crippen molar-refractivity contribution in [1.82, 2.24) is 30.9 Å². The molecule has 0 aliphatic carbocycles.